The minimum absolute atomic E-state index is 0.0546. The number of fused-ring (bicyclic) bond motifs is 1. The van der Waals surface area contributed by atoms with Crippen LogP contribution in [0.2, 0.25) is 0 Å². The van der Waals surface area contributed by atoms with Crippen LogP contribution >= 0.6 is 11.3 Å². The second kappa shape index (κ2) is 9.11. The summed E-state index contributed by atoms with van der Waals surface area (Å²) in [6.07, 6.45) is 0.389. The lowest BCUT2D eigenvalue weighted by Crippen LogP contribution is -2.28. The summed E-state index contributed by atoms with van der Waals surface area (Å²) >= 11 is 1.34. The number of aromatic nitrogens is 1. The average molecular weight is 466 g/mol. The predicted octanol–water partition coefficient (Wildman–Crippen LogP) is 3.28. The highest BCUT2D eigenvalue weighted by atomic mass is 32.1. The fourth-order valence-corrected chi connectivity index (χ4v) is 4.93. The summed E-state index contributed by atoms with van der Waals surface area (Å²) in [5, 5.41) is 0. The molecule has 0 unspecified atom stereocenters. The molecule has 3 amide bonds. The van der Waals surface area contributed by atoms with Gasteiger partial charge >= 0.3 is 5.97 Å². The van der Waals surface area contributed by atoms with E-state index < -0.39 is 11.9 Å². The number of aryl methyl sites for hydroxylation is 2. The van der Waals surface area contributed by atoms with Gasteiger partial charge < -0.3 is 9.30 Å². The van der Waals surface area contributed by atoms with Crippen LogP contribution in [0.3, 0.4) is 0 Å². The summed E-state index contributed by atoms with van der Waals surface area (Å²) < 4.78 is 7.75. The van der Waals surface area contributed by atoms with Crippen molar-refractivity contribution >= 4 is 50.9 Å². The zero-order chi connectivity index (χ0) is 23.7. The lowest BCUT2D eigenvalue weighted by atomic mass is 10.1. The van der Waals surface area contributed by atoms with E-state index >= 15 is 0 Å². The lowest BCUT2D eigenvalue weighted by molar-refractivity contribution is -0.143. The van der Waals surface area contributed by atoms with Crippen molar-refractivity contribution in [3.8, 4) is 0 Å². The van der Waals surface area contributed by atoms with Gasteiger partial charge in [0.05, 0.1) is 22.5 Å². The highest BCUT2D eigenvalue weighted by molar-refractivity contribution is 7.16. The molecule has 170 valence electrons. The molecule has 0 spiro atoms. The summed E-state index contributed by atoms with van der Waals surface area (Å²) in [4.78, 5) is 54.8. The predicted molar refractivity (Wildman–Crippen MR) is 124 cm³/mol. The van der Waals surface area contributed by atoms with Gasteiger partial charge in [-0.25, -0.2) is 0 Å². The number of imide groups is 1. The molecule has 0 radical (unpaired) electrons. The summed E-state index contributed by atoms with van der Waals surface area (Å²) in [5.74, 6) is -1.40. The Morgan fingerprint density at radius 2 is 1.73 bits per heavy atom. The molecule has 0 saturated carbocycles. The van der Waals surface area contributed by atoms with Crippen LogP contribution in [0.5, 0.6) is 0 Å². The second-order valence-electron chi connectivity index (χ2n) is 7.79. The average Bonchev–Trinajstić information content (AvgIpc) is 3.28. The molecule has 0 atom stereocenters. The van der Waals surface area contributed by atoms with Crippen LogP contribution in [0.4, 0.5) is 5.69 Å². The number of ether oxygens (including phenoxy) is 1. The Bertz CT molecular complexity index is 1330. The maximum absolute atomic E-state index is 12.9. The minimum Gasteiger partial charge on any atom is -0.465 e. The first-order valence-corrected chi connectivity index (χ1v) is 11.4. The highest BCUT2D eigenvalue weighted by Gasteiger charge is 2.30. The number of anilines is 1. The van der Waals surface area contributed by atoms with Crippen molar-refractivity contribution in [2.24, 2.45) is 4.99 Å². The molecule has 2 heterocycles. The molecule has 3 aromatic rings. The maximum atomic E-state index is 12.9. The van der Waals surface area contributed by atoms with Crippen molar-refractivity contribution < 1.29 is 23.9 Å². The molecular formula is C24H23N3O5S. The molecule has 4 rings (SSSR count). The van der Waals surface area contributed by atoms with E-state index in [1.807, 2.05) is 26.0 Å². The van der Waals surface area contributed by atoms with E-state index in [1.165, 1.54) is 11.3 Å². The van der Waals surface area contributed by atoms with Crippen molar-refractivity contribution in [3.05, 3.63) is 57.9 Å². The molecule has 0 N–H and O–H groups in total. The number of benzene rings is 2. The molecule has 1 aliphatic heterocycles. The normalized spacial score (nSPS) is 14.4. The number of carbonyl (C=O) groups is 4. The fraction of sp³-hybridized carbons (Fsp3) is 0.292. The third-order valence-corrected chi connectivity index (χ3v) is 6.56. The summed E-state index contributed by atoms with van der Waals surface area (Å²) in [6.45, 7) is 5.90. The molecule has 1 aromatic heterocycles. The molecule has 1 saturated heterocycles. The van der Waals surface area contributed by atoms with Gasteiger partial charge in [0.25, 0.3) is 5.91 Å². The Morgan fingerprint density at radius 3 is 2.36 bits per heavy atom. The van der Waals surface area contributed by atoms with E-state index in [0.29, 0.717) is 16.1 Å². The van der Waals surface area contributed by atoms with Crippen molar-refractivity contribution in [3.63, 3.8) is 0 Å². The van der Waals surface area contributed by atoms with Gasteiger partial charge in [-0.3, -0.25) is 24.1 Å². The number of nitrogens with zero attached hydrogens (tertiary/aromatic N) is 3. The van der Waals surface area contributed by atoms with E-state index in [9.17, 15) is 19.2 Å². The number of carbonyl (C=O) groups excluding carboxylic acids is 4. The van der Waals surface area contributed by atoms with Gasteiger partial charge in [-0.05, 0) is 62.2 Å². The Kier molecular flexibility index (Phi) is 6.24. The van der Waals surface area contributed by atoms with Crippen LogP contribution in [0, 0.1) is 13.8 Å². The fourth-order valence-electron chi connectivity index (χ4n) is 3.86. The lowest BCUT2D eigenvalue weighted by Gasteiger charge is -2.13. The van der Waals surface area contributed by atoms with E-state index in [0.717, 1.165) is 26.2 Å². The van der Waals surface area contributed by atoms with Gasteiger partial charge in [0.15, 0.2) is 4.80 Å². The topological polar surface area (TPSA) is 98.0 Å². The molecule has 2 aromatic carbocycles. The quantitative estimate of drug-likeness (QED) is 0.425. The zero-order valence-electron chi connectivity index (χ0n) is 18.6. The third kappa shape index (κ3) is 4.49. The zero-order valence-corrected chi connectivity index (χ0v) is 19.4. The highest BCUT2D eigenvalue weighted by Crippen LogP contribution is 2.25. The molecule has 0 aliphatic carbocycles. The van der Waals surface area contributed by atoms with Crippen LogP contribution in [-0.2, 0) is 25.7 Å². The number of hydrogen-bond donors (Lipinski definition) is 0. The number of esters is 1. The molecule has 0 bridgehead atoms. The van der Waals surface area contributed by atoms with Gasteiger partial charge in [-0.2, -0.15) is 4.99 Å². The number of thiazole rings is 1. The van der Waals surface area contributed by atoms with Crippen LogP contribution in [0.15, 0.2) is 41.4 Å². The Hall–Kier alpha value is -3.59. The summed E-state index contributed by atoms with van der Waals surface area (Å²) in [6, 6.07) is 10.2. The number of amides is 3. The molecule has 8 nitrogen and oxygen atoms in total. The van der Waals surface area contributed by atoms with Crippen LogP contribution in [0.1, 0.15) is 41.3 Å². The monoisotopic (exact) mass is 465 g/mol. The maximum Gasteiger partial charge on any atom is 0.326 e. The van der Waals surface area contributed by atoms with Crippen LogP contribution < -0.4 is 9.70 Å². The van der Waals surface area contributed by atoms with E-state index in [4.69, 9.17) is 4.74 Å². The van der Waals surface area contributed by atoms with Gasteiger partial charge in [0.1, 0.15) is 6.54 Å². The first-order chi connectivity index (χ1) is 15.8. The largest absolute Gasteiger partial charge is 0.465 e. The number of rotatable bonds is 5. The molecule has 1 fully saturated rings. The number of hydrogen-bond acceptors (Lipinski definition) is 6. The van der Waals surface area contributed by atoms with Gasteiger partial charge in [0, 0.05) is 18.4 Å². The van der Waals surface area contributed by atoms with Gasteiger partial charge in [-0.1, -0.05) is 17.4 Å². The summed E-state index contributed by atoms with van der Waals surface area (Å²) in [7, 11) is 0. The molecule has 9 heteroatoms. The van der Waals surface area contributed by atoms with Crippen molar-refractivity contribution in [1.82, 2.24) is 4.57 Å². The SMILES string of the molecule is CCOC(=O)Cn1c(=NC(=O)c2ccc(N3C(=O)CCC3=O)cc2)sc2c(C)cc(C)cc21. The second-order valence-corrected chi connectivity index (χ2v) is 8.77. The van der Waals surface area contributed by atoms with Crippen molar-refractivity contribution in [1.29, 1.82) is 0 Å². The Morgan fingerprint density at radius 1 is 1.06 bits per heavy atom. The van der Waals surface area contributed by atoms with Gasteiger partial charge in [0.2, 0.25) is 11.8 Å². The first-order valence-electron chi connectivity index (χ1n) is 10.6. The van der Waals surface area contributed by atoms with E-state index in [2.05, 4.69) is 4.99 Å². The molecule has 33 heavy (non-hydrogen) atoms. The Labute approximate surface area is 194 Å². The molecular weight excluding hydrogens is 442 g/mol. The smallest absolute Gasteiger partial charge is 0.326 e. The first kappa shape index (κ1) is 22.6. The van der Waals surface area contributed by atoms with Crippen LogP contribution in [-0.4, -0.2) is 34.9 Å². The standard InChI is InChI=1S/C24H23N3O5S/c1-4-32-21(30)13-26-18-12-14(2)11-15(3)22(18)33-24(26)25-23(31)16-5-7-17(8-6-16)27-19(28)9-10-20(27)29/h5-8,11-12H,4,9-10,13H2,1-3H3. The summed E-state index contributed by atoms with van der Waals surface area (Å²) in [5.41, 5.74) is 3.63. The third-order valence-electron chi connectivity index (χ3n) is 5.33. The van der Waals surface area contributed by atoms with E-state index in [-0.39, 0.29) is 37.8 Å². The Balaban J connectivity index is 1.72. The van der Waals surface area contributed by atoms with Crippen molar-refractivity contribution in [2.75, 3.05) is 11.5 Å². The molecule has 1 aliphatic rings. The minimum atomic E-state index is -0.487. The van der Waals surface area contributed by atoms with Crippen molar-refractivity contribution in [2.45, 2.75) is 40.2 Å². The van der Waals surface area contributed by atoms with Gasteiger partial charge in [-0.15, -0.1) is 0 Å². The van der Waals surface area contributed by atoms with E-state index in [1.54, 1.807) is 35.8 Å². The van der Waals surface area contributed by atoms with Crippen LogP contribution in [0.25, 0.3) is 10.2 Å².